The molecule has 0 aliphatic heterocycles. The summed E-state index contributed by atoms with van der Waals surface area (Å²) in [5, 5.41) is 0. The predicted molar refractivity (Wildman–Crippen MR) is 85.3 cm³/mol. The Balaban J connectivity index is 0. The zero-order valence-corrected chi connectivity index (χ0v) is 15.4. The summed E-state index contributed by atoms with van der Waals surface area (Å²) in [6, 6.07) is 0. The van der Waals surface area contributed by atoms with Crippen LogP contribution in [-0.2, 0) is 10.1 Å². The number of alkyl halides is 3. The summed E-state index contributed by atoms with van der Waals surface area (Å²) >= 11 is 0. The Kier molecular flexibility index (Phi) is 15.2. The molecule has 0 fully saturated rings. The SMILES string of the molecule is CCCCCCCCCCCC[NH+](C)C.O=S(=O)([O-])C(F)(F)F. The van der Waals surface area contributed by atoms with Crippen molar-refractivity contribution in [3.63, 3.8) is 0 Å². The molecule has 23 heavy (non-hydrogen) atoms. The fourth-order valence-corrected chi connectivity index (χ4v) is 1.97. The van der Waals surface area contributed by atoms with E-state index in [9.17, 15) is 13.2 Å². The lowest BCUT2D eigenvalue weighted by molar-refractivity contribution is -0.858. The number of hydrogen-bond donors (Lipinski definition) is 1. The molecule has 142 valence electrons. The Morgan fingerprint density at radius 2 is 1.13 bits per heavy atom. The zero-order chi connectivity index (χ0) is 18.4. The molecule has 0 aromatic carbocycles. The van der Waals surface area contributed by atoms with Crippen LogP contribution in [0.3, 0.4) is 0 Å². The smallest absolute Gasteiger partial charge is 0.485 e. The summed E-state index contributed by atoms with van der Waals surface area (Å²) < 4.78 is 58.9. The van der Waals surface area contributed by atoms with Gasteiger partial charge in [-0.2, -0.15) is 13.2 Å². The van der Waals surface area contributed by atoms with Crippen LogP contribution < -0.4 is 4.90 Å². The van der Waals surface area contributed by atoms with E-state index < -0.39 is 15.6 Å². The molecule has 0 aliphatic carbocycles. The van der Waals surface area contributed by atoms with E-state index in [1.807, 2.05) is 0 Å². The minimum Gasteiger partial charge on any atom is -0.741 e. The molecule has 0 unspecified atom stereocenters. The van der Waals surface area contributed by atoms with E-state index in [0.717, 1.165) is 0 Å². The summed E-state index contributed by atoms with van der Waals surface area (Å²) in [6.45, 7) is 3.63. The van der Waals surface area contributed by atoms with E-state index >= 15 is 0 Å². The molecule has 0 saturated heterocycles. The van der Waals surface area contributed by atoms with Crippen molar-refractivity contribution >= 4 is 10.1 Å². The molecule has 0 aliphatic rings. The van der Waals surface area contributed by atoms with Gasteiger partial charge in [0.15, 0.2) is 10.1 Å². The molecule has 8 heteroatoms. The highest BCUT2D eigenvalue weighted by Crippen LogP contribution is 2.20. The standard InChI is InChI=1S/C14H31N.CHF3O3S/c1-4-5-6-7-8-9-10-11-12-13-14-15(2)3;2-1(3,4)8(5,6)7/h4-14H2,1-3H3;(H,5,6,7). The molecular weight excluding hydrogens is 331 g/mol. The number of hydrogen-bond acceptors (Lipinski definition) is 3. The first-order valence-electron chi connectivity index (χ1n) is 8.33. The second-order valence-electron chi connectivity index (χ2n) is 6.04. The van der Waals surface area contributed by atoms with Gasteiger partial charge in [-0.05, 0) is 12.8 Å². The highest BCUT2D eigenvalue weighted by Gasteiger charge is 2.36. The van der Waals surface area contributed by atoms with Crippen LogP contribution in [-0.4, -0.2) is 39.1 Å². The molecule has 0 spiro atoms. The van der Waals surface area contributed by atoms with Crippen molar-refractivity contribution in [3.05, 3.63) is 0 Å². The van der Waals surface area contributed by atoms with E-state index in [1.54, 1.807) is 4.90 Å². The summed E-state index contributed by atoms with van der Waals surface area (Å²) in [5.41, 5.74) is -5.65. The maximum Gasteiger partial charge on any atom is 0.485 e. The number of unbranched alkanes of at least 4 members (excludes halogenated alkanes) is 9. The van der Waals surface area contributed by atoms with Gasteiger partial charge in [0.2, 0.25) is 0 Å². The highest BCUT2D eigenvalue weighted by atomic mass is 32.2. The van der Waals surface area contributed by atoms with Crippen LogP contribution in [0, 0.1) is 0 Å². The molecule has 1 N–H and O–H groups in total. The van der Waals surface area contributed by atoms with Crippen LogP contribution in [0.5, 0.6) is 0 Å². The van der Waals surface area contributed by atoms with Crippen LogP contribution in [0.2, 0.25) is 0 Å². The average molecular weight is 363 g/mol. The predicted octanol–water partition coefficient (Wildman–Crippen LogP) is 3.10. The van der Waals surface area contributed by atoms with Gasteiger partial charge in [0.25, 0.3) is 0 Å². The van der Waals surface area contributed by atoms with E-state index in [2.05, 4.69) is 21.0 Å². The van der Waals surface area contributed by atoms with Gasteiger partial charge < -0.3 is 9.45 Å². The third-order valence-electron chi connectivity index (χ3n) is 3.31. The topological polar surface area (TPSA) is 61.6 Å². The molecule has 0 aromatic rings. The maximum absolute atomic E-state index is 10.7. The Labute approximate surface area is 139 Å². The lowest BCUT2D eigenvalue weighted by atomic mass is 10.1. The monoisotopic (exact) mass is 363 g/mol. The Hall–Kier alpha value is -0.340. The largest absolute Gasteiger partial charge is 0.741 e. The second kappa shape index (κ2) is 14.0. The number of nitrogens with one attached hydrogen (secondary N) is 1. The summed E-state index contributed by atoms with van der Waals surface area (Å²) in [7, 11) is -1.60. The Morgan fingerprint density at radius 3 is 1.39 bits per heavy atom. The molecule has 0 amide bonds. The average Bonchev–Trinajstić information content (AvgIpc) is 2.39. The van der Waals surface area contributed by atoms with Crippen molar-refractivity contribution < 1.29 is 31.0 Å². The summed E-state index contributed by atoms with van der Waals surface area (Å²) in [4.78, 5) is 1.59. The second-order valence-corrected chi connectivity index (χ2v) is 7.41. The zero-order valence-electron chi connectivity index (χ0n) is 14.5. The number of rotatable bonds is 11. The van der Waals surface area contributed by atoms with Gasteiger partial charge in [0.1, 0.15) is 0 Å². The van der Waals surface area contributed by atoms with Crippen molar-refractivity contribution in [2.75, 3.05) is 20.6 Å². The molecule has 0 rings (SSSR count). The first-order chi connectivity index (χ1) is 10.5. The third kappa shape index (κ3) is 19.6. The van der Waals surface area contributed by atoms with E-state index in [1.165, 1.54) is 70.8 Å². The highest BCUT2D eigenvalue weighted by molar-refractivity contribution is 7.86. The molecule has 0 heterocycles. The van der Waals surface area contributed by atoms with Gasteiger partial charge in [-0.3, -0.25) is 0 Å². The Bertz CT molecular complexity index is 357. The minimum absolute atomic E-state index is 1.34. The van der Waals surface area contributed by atoms with Crippen LogP contribution in [0.1, 0.15) is 71.1 Å². The Morgan fingerprint density at radius 1 is 0.826 bits per heavy atom. The first-order valence-corrected chi connectivity index (χ1v) is 9.74. The van der Waals surface area contributed by atoms with Crippen molar-refractivity contribution in [1.82, 2.24) is 0 Å². The molecule has 0 bridgehead atoms. The van der Waals surface area contributed by atoms with Crippen molar-refractivity contribution in [2.45, 2.75) is 76.6 Å². The normalized spacial score (nSPS) is 12.2. The fourth-order valence-electron chi connectivity index (χ4n) is 1.97. The molecule has 4 nitrogen and oxygen atoms in total. The van der Waals surface area contributed by atoms with Crippen molar-refractivity contribution in [1.29, 1.82) is 0 Å². The van der Waals surface area contributed by atoms with E-state index in [4.69, 9.17) is 13.0 Å². The van der Waals surface area contributed by atoms with Gasteiger partial charge in [-0.1, -0.05) is 58.3 Å². The van der Waals surface area contributed by atoms with Crippen LogP contribution in [0.25, 0.3) is 0 Å². The lowest BCUT2D eigenvalue weighted by Crippen LogP contribution is -3.05. The molecule has 0 radical (unpaired) electrons. The molecule has 0 atom stereocenters. The van der Waals surface area contributed by atoms with Gasteiger partial charge in [0.05, 0.1) is 20.6 Å². The molecule has 0 saturated carbocycles. The minimum atomic E-state index is -6.09. The molecule has 0 aromatic heterocycles. The summed E-state index contributed by atoms with van der Waals surface area (Å²) in [6.07, 6.45) is 14.5. The van der Waals surface area contributed by atoms with Crippen molar-refractivity contribution in [3.8, 4) is 0 Å². The van der Waals surface area contributed by atoms with Crippen LogP contribution >= 0.6 is 0 Å². The van der Waals surface area contributed by atoms with Crippen LogP contribution in [0.15, 0.2) is 0 Å². The number of quaternary nitrogens is 1. The van der Waals surface area contributed by atoms with E-state index in [0.29, 0.717) is 0 Å². The summed E-state index contributed by atoms with van der Waals surface area (Å²) in [5.74, 6) is 0. The van der Waals surface area contributed by atoms with Gasteiger partial charge in [-0.15, -0.1) is 0 Å². The van der Waals surface area contributed by atoms with E-state index in [-0.39, 0.29) is 0 Å². The fraction of sp³-hybridized carbons (Fsp3) is 1.00. The lowest BCUT2D eigenvalue weighted by Gasteiger charge is -2.08. The van der Waals surface area contributed by atoms with Gasteiger partial charge >= 0.3 is 5.51 Å². The maximum atomic E-state index is 10.7. The quantitative estimate of drug-likeness (QED) is 0.349. The first kappa shape index (κ1) is 24.9. The van der Waals surface area contributed by atoms with Crippen molar-refractivity contribution in [2.24, 2.45) is 0 Å². The van der Waals surface area contributed by atoms with Gasteiger partial charge in [-0.25, -0.2) is 8.42 Å². The van der Waals surface area contributed by atoms with Crippen LogP contribution in [0.4, 0.5) is 13.2 Å². The van der Waals surface area contributed by atoms with Gasteiger partial charge in [0, 0.05) is 0 Å². The third-order valence-corrected chi connectivity index (χ3v) is 3.88. The number of halogens is 3. The molecular formula is C15H32F3NO3S.